The van der Waals surface area contributed by atoms with E-state index in [0.717, 1.165) is 48.0 Å². The lowest BCUT2D eigenvalue weighted by atomic mass is 10.1. The number of guanidine groups is 1. The molecule has 0 aliphatic carbocycles. The lowest BCUT2D eigenvalue weighted by Crippen LogP contribution is -2.38. The van der Waals surface area contributed by atoms with Crippen molar-refractivity contribution in [2.45, 2.75) is 40.2 Å². The number of thiazole rings is 1. The number of aromatic nitrogens is 1. The van der Waals surface area contributed by atoms with Gasteiger partial charge in [0.2, 0.25) is 0 Å². The number of nitrogens with zero attached hydrogens (tertiary/aromatic N) is 2. The van der Waals surface area contributed by atoms with Crippen LogP contribution in [0.3, 0.4) is 0 Å². The Morgan fingerprint density at radius 2 is 2.08 bits per heavy atom. The van der Waals surface area contributed by atoms with Gasteiger partial charge >= 0.3 is 0 Å². The summed E-state index contributed by atoms with van der Waals surface area (Å²) >= 11 is 1.71. The van der Waals surface area contributed by atoms with E-state index in [1.807, 2.05) is 26.1 Å². The SMILES string of the molecule is CCNC(=NCc1ncc(CC)s1)NCCc1ccc(F)cc1C.I. The number of nitrogens with one attached hydrogen (secondary N) is 2. The summed E-state index contributed by atoms with van der Waals surface area (Å²) in [6, 6.07) is 4.93. The zero-order chi connectivity index (χ0) is 17.4. The molecular formula is C18H26FIN4S. The molecule has 0 atom stereocenters. The Balaban J connectivity index is 0.00000312. The minimum atomic E-state index is -0.186. The van der Waals surface area contributed by atoms with Crippen LogP contribution in [0.1, 0.15) is 34.9 Å². The first kappa shape index (κ1) is 21.8. The van der Waals surface area contributed by atoms with Crippen molar-refractivity contribution in [3.63, 3.8) is 0 Å². The van der Waals surface area contributed by atoms with Gasteiger partial charge < -0.3 is 10.6 Å². The van der Waals surface area contributed by atoms with E-state index < -0.39 is 0 Å². The molecule has 2 N–H and O–H groups in total. The third-order valence-corrected chi connectivity index (χ3v) is 4.78. The highest BCUT2D eigenvalue weighted by Gasteiger charge is 2.03. The molecule has 1 aromatic heterocycles. The van der Waals surface area contributed by atoms with E-state index in [2.05, 4.69) is 27.5 Å². The van der Waals surface area contributed by atoms with Crippen LogP contribution in [0.25, 0.3) is 0 Å². The Morgan fingerprint density at radius 3 is 2.72 bits per heavy atom. The van der Waals surface area contributed by atoms with Gasteiger partial charge in [-0.15, -0.1) is 35.3 Å². The first-order valence-corrected chi connectivity index (χ1v) is 9.14. The minimum Gasteiger partial charge on any atom is -0.357 e. The Bertz CT molecular complexity index is 687. The number of hydrogen-bond acceptors (Lipinski definition) is 3. The second kappa shape index (κ2) is 11.4. The van der Waals surface area contributed by atoms with Crippen molar-refractivity contribution in [2.75, 3.05) is 13.1 Å². The second-order valence-electron chi connectivity index (χ2n) is 5.52. The van der Waals surface area contributed by atoms with E-state index in [-0.39, 0.29) is 29.8 Å². The van der Waals surface area contributed by atoms with Gasteiger partial charge in [0, 0.05) is 24.2 Å². The lowest BCUT2D eigenvalue weighted by Gasteiger charge is -2.12. The standard InChI is InChI=1S/C18H25FN4S.HI/c1-4-16-11-22-17(24-16)12-23-18(20-5-2)21-9-8-14-6-7-15(19)10-13(14)3;/h6-7,10-11H,4-5,8-9,12H2,1-3H3,(H2,20,21,23);1H. The molecular weight excluding hydrogens is 450 g/mol. The van der Waals surface area contributed by atoms with Crippen LogP contribution in [0.4, 0.5) is 4.39 Å². The number of benzene rings is 1. The van der Waals surface area contributed by atoms with Gasteiger partial charge in [0.15, 0.2) is 5.96 Å². The highest BCUT2D eigenvalue weighted by Crippen LogP contribution is 2.14. The van der Waals surface area contributed by atoms with Crippen molar-refractivity contribution >= 4 is 41.3 Å². The van der Waals surface area contributed by atoms with Crippen molar-refractivity contribution < 1.29 is 4.39 Å². The molecule has 0 aliphatic rings. The fourth-order valence-corrected chi connectivity index (χ4v) is 3.12. The highest BCUT2D eigenvalue weighted by molar-refractivity contribution is 14.0. The van der Waals surface area contributed by atoms with Crippen molar-refractivity contribution in [1.82, 2.24) is 15.6 Å². The molecule has 2 aromatic rings. The molecule has 0 radical (unpaired) electrons. The lowest BCUT2D eigenvalue weighted by molar-refractivity contribution is 0.625. The summed E-state index contributed by atoms with van der Waals surface area (Å²) in [6.45, 7) is 8.24. The molecule has 0 unspecified atom stereocenters. The minimum absolute atomic E-state index is 0. The van der Waals surface area contributed by atoms with Crippen LogP contribution in [0, 0.1) is 12.7 Å². The molecule has 1 heterocycles. The predicted molar refractivity (Wildman–Crippen MR) is 115 cm³/mol. The molecule has 4 nitrogen and oxygen atoms in total. The van der Waals surface area contributed by atoms with Gasteiger partial charge in [-0.3, -0.25) is 0 Å². The third-order valence-electron chi connectivity index (χ3n) is 3.66. The molecule has 0 aliphatic heterocycles. The van der Waals surface area contributed by atoms with Crippen LogP contribution >= 0.6 is 35.3 Å². The maximum atomic E-state index is 13.1. The quantitative estimate of drug-likeness (QED) is 0.360. The molecule has 0 saturated heterocycles. The summed E-state index contributed by atoms with van der Waals surface area (Å²) in [6.07, 6.45) is 3.76. The summed E-state index contributed by atoms with van der Waals surface area (Å²) in [4.78, 5) is 10.3. The van der Waals surface area contributed by atoms with Gasteiger partial charge in [-0.2, -0.15) is 0 Å². The number of aryl methyl sites for hydroxylation is 2. The zero-order valence-corrected chi connectivity index (χ0v) is 18.1. The van der Waals surface area contributed by atoms with E-state index in [4.69, 9.17) is 0 Å². The molecule has 138 valence electrons. The summed E-state index contributed by atoms with van der Waals surface area (Å²) in [7, 11) is 0. The molecule has 2 rings (SSSR count). The number of halogens is 2. The second-order valence-corrected chi connectivity index (χ2v) is 6.72. The molecule has 0 spiro atoms. The average Bonchev–Trinajstić information content (AvgIpc) is 3.02. The van der Waals surface area contributed by atoms with E-state index >= 15 is 0 Å². The van der Waals surface area contributed by atoms with Crippen LogP contribution in [0.5, 0.6) is 0 Å². The van der Waals surface area contributed by atoms with Crippen molar-refractivity contribution in [2.24, 2.45) is 4.99 Å². The summed E-state index contributed by atoms with van der Waals surface area (Å²) in [5, 5.41) is 7.59. The number of aliphatic imine (C=N–C) groups is 1. The Labute approximate surface area is 170 Å². The summed E-state index contributed by atoms with van der Waals surface area (Å²) in [5.41, 5.74) is 2.13. The van der Waals surface area contributed by atoms with Crippen LogP contribution < -0.4 is 10.6 Å². The largest absolute Gasteiger partial charge is 0.357 e. The first-order chi connectivity index (χ1) is 11.6. The maximum absolute atomic E-state index is 13.1. The number of hydrogen-bond donors (Lipinski definition) is 2. The normalized spacial score (nSPS) is 11.1. The van der Waals surface area contributed by atoms with E-state index in [1.165, 1.54) is 10.9 Å². The molecule has 0 saturated carbocycles. The van der Waals surface area contributed by atoms with Gasteiger partial charge in [0.1, 0.15) is 10.8 Å². The molecule has 1 aromatic carbocycles. The first-order valence-electron chi connectivity index (χ1n) is 8.33. The molecule has 0 bridgehead atoms. The molecule has 0 amide bonds. The summed E-state index contributed by atoms with van der Waals surface area (Å²) < 4.78 is 13.1. The van der Waals surface area contributed by atoms with Gasteiger partial charge in [0.05, 0.1) is 6.54 Å². The monoisotopic (exact) mass is 476 g/mol. The average molecular weight is 476 g/mol. The molecule has 25 heavy (non-hydrogen) atoms. The van der Waals surface area contributed by atoms with Gasteiger partial charge in [-0.05, 0) is 49.9 Å². The van der Waals surface area contributed by atoms with Crippen molar-refractivity contribution in [1.29, 1.82) is 0 Å². The fraction of sp³-hybridized carbons (Fsp3) is 0.444. The van der Waals surface area contributed by atoms with Crippen LogP contribution in [0.15, 0.2) is 29.4 Å². The van der Waals surface area contributed by atoms with Crippen molar-refractivity contribution in [3.8, 4) is 0 Å². The van der Waals surface area contributed by atoms with E-state index in [1.54, 1.807) is 17.4 Å². The van der Waals surface area contributed by atoms with Gasteiger partial charge in [-0.25, -0.2) is 14.4 Å². The van der Waals surface area contributed by atoms with Crippen molar-refractivity contribution in [3.05, 3.63) is 51.2 Å². The zero-order valence-electron chi connectivity index (χ0n) is 14.9. The number of rotatable bonds is 7. The molecule has 7 heteroatoms. The van der Waals surface area contributed by atoms with Crippen LogP contribution in [-0.2, 0) is 19.4 Å². The van der Waals surface area contributed by atoms with Crippen LogP contribution in [-0.4, -0.2) is 24.0 Å². The van der Waals surface area contributed by atoms with Gasteiger partial charge in [0.25, 0.3) is 0 Å². The molecule has 0 fully saturated rings. The van der Waals surface area contributed by atoms with Gasteiger partial charge in [-0.1, -0.05) is 13.0 Å². The highest BCUT2D eigenvalue weighted by atomic mass is 127. The van der Waals surface area contributed by atoms with E-state index in [0.29, 0.717) is 6.54 Å². The van der Waals surface area contributed by atoms with Crippen LogP contribution in [0.2, 0.25) is 0 Å². The fourth-order valence-electron chi connectivity index (χ4n) is 2.33. The smallest absolute Gasteiger partial charge is 0.191 e. The van der Waals surface area contributed by atoms with E-state index in [9.17, 15) is 4.39 Å². The predicted octanol–water partition coefficient (Wildman–Crippen LogP) is 4.07. The Kier molecular flexibility index (Phi) is 9.96. The summed E-state index contributed by atoms with van der Waals surface area (Å²) in [5.74, 6) is 0.597. The topological polar surface area (TPSA) is 49.3 Å². The Morgan fingerprint density at radius 1 is 1.28 bits per heavy atom. The maximum Gasteiger partial charge on any atom is 0.191 e. The third kappa shape index (κ3) is 7.27. The Hall–Kier alpha value is -1.22.